The van der Waals surface area contributed by atoms with Crippen LogP contribution in [0.3, 0.4) is 0 Å². The van der Waals surface area contributed by atoms with E-state index in [1.165, 1.54) is 154 Å². The summed E-state index contributed by atoms with van der Waals surface area (Å²) in [7, 11) is 1.84. The molecule has 0 amide bonds. The van der Waals surface area contributed by atoms with E-state index in [1.807, 2.05) is 0 Å². The van der Waals surface area contributed by atoms with Crippen LogP contribution < -0.4 is 21.3 Å². The summed E-state index contributed by atoms with van der Waals surface area (Å²) in [6.07, 6.45) is 35.3. The Hall–Kier alpha value is -0.183. The molecule has 0 saturated heterocycles. The first-order valence-electron chi connectivity index (χ1n) is 25.9. The zero-order valence-electron chi connectivity index (χ0n) is 42.2. The SMILES string of the molecule is COCCOCCCNCCCCCCCCCCCCCCNCCO.COCCOCCCNCCCCCCCCCCCCCCNCCO[Si](C)(C)C(C)(C)C. The fourth-order valence-corrected chi connectivity index (χ4v) is 7.84. The third-order valence-electron chi connectivity index (χ3n) is 11.9. The Morgan fingerprint density at radius 1 is 0.344 bits per heavy atom. The number of hydrogen-bond acceptors (Lipinski definition) is 10. The van der Waals surface area contributed by atoms with Crippen LogP contribution in [0.5, 0.6) is 0 Å². The molecule has 0 unspecified atom stereocenters. The molecule has 0 aromatic rings. The molecule has 0 aliphatic rings. The molecule has 0 aromatic heterocycles. The minimum atomic E-state index is -1.57. The first kappa shape index (κ1) is 62.9. The van der Waals surface area contributed by atoms with Gasteiger partial charge in [0.05, 0.1) is 33.0 Å². The van der Waals surface area contributed by atoms with Crippen molar-refractivity contribution in [2.45, 2.75) is 206 Å². The molecule has 0 spiro atoms. The number of aliphatic hydroxyl groups excluding tert-OH is 1. The smallest absolute Gasteiger partial charge is 0.192 e. The Balaban J connectivity index is 0. The van der Waals surface area contributed by atoms with Gasteiger partial charge in [0.2, 0.25) is 0 Å². The Kier molecular flexibility index (Phi) is 54.1. The molecular formula is C50H110N4O6Si. The zero-order chi connectivity index (χ0) is 45.1. The number of nitrogens with one attached hydrogen (secondary N) is 4. The third-order valence-corrected chi connectivity index (χ3v) is 16.4. The van der Waals surface area contributed by atoms with Gasteiger partial charge in [-0.3, -0.25) is 0 Å². The quantitative estimate of drug-likeness (QED) is 0.0299. The molecule has 0 aliphatic heterocycles. The van der Waals surface area contributed by atoms with Crippen LogP contribution in [0.4, 0.5) is 0 Å². The van der Waals surface area contributed by atoms with Crippen molar-refractivity contribution >= 4 is 8.32 Å². The first-order valence-corrected chi connectivity index (χ1v) is 28.8. The Morgan fingerprint density at radius 2 is 0.623 bits per heavy atom. The number of aliphatic hydroxyl groups is 1. The second kappa shape index (κ2) is 52.4. The van der Waals surface area contributed by atoms with Gasteiger partial charge in [-0.05, 0) is 95.9 Å². The lowest BCUT2D eigenvalue weighted by Gasteiger charge is -2.36. The summed E-state index contributed by atoms with van der Waals surface area (Å²) in [5.74, 6) is 0. The van der Waals surface area contributed by atoms with Crippen molar-refractivity contribution in [1.29, 1.82) is 0 Å². The van der Waals surface area contributed by atoms with Gasteiger partial charge in [-0.25, -0.2) is 0 Å². The van der Waals surface area contributed by atoms with E-state index in [2.05, 4.69) is 55.1 Å². The number of rotatable bonds is 50. The molecule has 370 valence electrons. The van der Waals surface area contributed by atoms with Crippen molar-refractivity contribution in [3.05, 3.63) is 0 Å². The lowest BCUT2D eigenvalue weighted by Crippen LogP contribution is -2.42. The van der Waals surface area contributed by atoms with Crippen molar-refractivity contribution in [2.24, 2.45) is 0 Å². The highest BCUT2D eigenvalue weighted by atomic mass is 28.4. The van der Waals surface area contributed by atoms with Crippen LogP contribution in [-0.2, 0) is 23.4 Å². The van der Waals surface area contributed by atoms with Gasteiger partial charge in [0.15, 0.2) is 8.32 Å². The maximum atomic E-state index is 8.67. The van der Waals surface area contributed by atoms with E-state index in [0.29, 0.717) is 31.5 Å². The summed E-state index contributed by atoms with van der Waals surface area (Å²) in [5, 5.41) is 22.8. The van der Waals surface area contributed by atoms with Crippen molar-refractivity contribution in [3.8, 4) is 0 Å². The molecule has 0 heterocycles. The lowest BCUT2D eigenvalue weighted by atomic mass is 10.1. The second-order valence-corrected chi connectivity index (χ2v) is 23.5. The van der Waals surface area contributed by atoms with Gasteiger partial charge in [0, 0.05) is 47.1 Å². The predicted octanol–water partition coefficient (Wildman–Crippen LogP) is 10.8. The topological polar surface area (TPSA) is 115 Å². The normalized spacial score (nSPS) is 12.0. The fourth-order valence-electron chi connectivity index (χ4n) is 6.80. The molecule has 0 aromatic carbocycles. The molecule has 0 fully saturated rings. The number of unbranched alkanes of at least 4 members (excludes halogenated alkanes) is 22. The zero-order valence-corrected chi connectivity index (χ0v) is 43.2. The summed E-state index contributed by atoms with van der Waals surface area (Å²) in [5.41, 5.74) is 0. The number of methoxy groups -OCH3 is 2. The molecule has 0 saturated carbocycles. The van der Waals surface area contributed by atoms with Crippen LogP contribution in [0.1, 0.15) is 188 Å². The van der Waals surface area contributed by atoms with E-state index in [-0.39, 0.29) is 6.61 Å². The molecule has 0 radical (unpaired) electrons. The average molecular weight is 892 g/mol. The van der Waals surface area contributed by atoms with Crippen molar-refractivity contribution < 1.29 is 28.5 Å². The molecule has 11 heteroatoms. The van der Waals surface area contributed by atoms with Crippen molar-refractivity contribution in [2.75, 3.05) is 119 Å². The number of hydrogen-bond donors (Lipinski definition) is 5. The average Bonchev–Trinajstić information content (AvgIpc) is 3.23. The van der Waals surface area contributed by atoms with E-state index in [1.54, 1.807) is 14.2 Å². The largest absolute Gasteiger partial charge is 0.416 e. The van der Waals surface area contributed by atoms with Crippen LogP contribution >= 0.6 is 0 Å². The second-order valence-electron chi connectivity index (χ2n) is 18.7. The van der Waals surface area contributed by atoms with Gasteiger partial charge < -0.3 is 49.7 Å². The van der Waals surface area contributed by atoms with E-state index >= 15 is 0 Å². The van der Waals surface area contributed by atoms with Crippen LogP contribution in [-0.4, -0.2) is 133 Å². The third kappa shape index (κ3) is 54.1. The molecule has 5 N–H and O–H groups in total. The highest BCUT2D eigenvalue weighted by Gasteiger charge is 2.36. The Bertz CT molecular complexity index is 772. The molecular weight excluding hydrogens is 781 g/mol. The molecule has 61 heavy (non-hydrogen) atoms. The van der Waals surface area contributed by atoms with Crippen LogP contribution in [0.25, 0.3) is 0 Å². The highest BCUT2D eigenvalue weighted by molar-refractivity contribution is 6.74. The van der Waals surface area contributed by atoms with E-state index in [9.17, 15) is 0 Å². The first-order chi connectivity index (χ1) is 29.7. The highest BCUT2D eigenvalue weighted by Crippen LogP contribution is 2.36. The predicted molar refractivity (Wildman–Crippen MR) is 267 cm³/mol. The Morgan fingerprint density at radius 3 is 0.918 bits per heavy atom. The molecule has 0 atom stereocenters. The lowest BCUT2D eigenvalue weighted by molar-refractivity contribution is 0.0695. The minimum Gasteiger partial charge on any atom is -0.416 e. The maximum Gasteiger partial charge on any atom is 0.192 e. The molecule has 0 aliphatic carbocycles. The van der Waals surface area contributed by atoms with Crippen molar-refractivity contribution in [3.63, 3.8) is 0 Å². The maximum absolute atomic E-state index is 8.67. The standard InChI is InChI=1S/C28H62N2O3Si.C22H48N2O3/c1-28(2,3)34(5,6)33-25-23-30-21-18-16-14-12-10-8-7-9-11-13-15-17-20-29-22-19-24-32-27-26-31-4;1-26-21-22-27-20-14-17-23-15-12-10-8-6-4-2-3-5-7-9-11-13-16-24-18-19-25/h29-30H,7-27H2,1-6H3;23-25H,2-22H2,1H3. The van der Waals surface area contributed by atoms with E-state index in [0.717, 1.165) is 85.0 Å². The van der Waals surface area contributed by atoms with Gasteiger partial charge in [-0.15, -0.1) is 0 Å². The van der Waals surface area contributed by atoms with Gasteiger partial charge in [0.25, 0.3) is 0 Å². The Labute approximate surface area is 382 Å². The fraction of sp³-hybridized carbons (Fsp3) is 1.00. The van der Waals surface area contributed by atoms with Gasteiger partial charge in [-0.2, -0.15) is 0 Å². The van der Waals surface area contributed by atoms with Gasteiger partial charge in [-0.1, -0.05) is 149 Å². The van der Waals surface area contributed by atoms with Crippen LogP contribution in [0.2, 0.25) is 18.1 Å². The van der Waals surface area contributed by atoms with Crippen molar-refractivity contribution in [1.82, 2.24) is 21.3 Å². The van der Waals surface area contributed by atoms with Crippen LogP contribution in [0, 0.1) is 0 Å². The summed E-state index contributed by atoms with van der Waals surface area (Å²) in [4.78, 5) is 0. The summed E-state index contributed by atoms with van der Waals surface area (Å²) < 4.78 is 27.0. The minimum absolute atomic E-state index is 0.253. The van der Waals surface area contributed by atoms with Gasteiger partial charge >= 0.3 is 0 Å². The molecule has 0 bridgehead atoms. The summed E-state index contributed by atoms with van der Waals surface area (Å²) >= 11 is 0. The van der Waals surface area contributed by atoms with Crippen LogP contribution in [0.15, 0.2) is 0 Å². The number of ether oxygens (including phenoxy) is 4. The van der Waals surface area contributed by atoms with Gasteiger partial charge in [0.1, 0.15) is 0 Å². The molecule has 10 nitrogen and oxygen atoms in total. The molecule has 0 rings (SSSR count). The van der Waals surface area contributed by atoms with E-state index < -0.39 is 8.32 Å². The van der Waals surface area contributed by atoms with E-state index in [4.69, 9.17) is 28.5 Å². The summed E-state index contributed by atoms with van der Waals surface area (Å²) in [6, 6.07) is 0. The monoisotopic (exact) mass is 891 g/mol. The summed E-state index contributed by atoms with van der Waals surface area (Å²) in [6.45, 7) is 25.5.